The highest BCUT2D eigenvalue weighted by Crippen LogP contribution is 2.30. The normalized spacial score (nSPS) is 10.8. The molecule has 0 fully saturated rings. The third-order valence-corrected chi connectivity index (χ3v) is 1.81. The van der Waals surface area contributed by atoms with Gasteiger partial charge in [-0.05, 0) is 12.2 Å². The average molecular weight is 202 g/mol. The van der Waals surface area contributed by atoms with Crippen molar-refractivity contribution in [3.63, 3.8) is 0 Å². The van der Waals surface area contributed by atoms with E-state index in [9.17, 15) is 13.2 Å². The molecule has 0 unspecified atom stereocenters. The van der Waals surface area contributed by atoms with Crippen molar-refractivity contribution in [2.45, 2.75) is 13.6 Å². The van der Waals surface area contributed by atoms with Gasteiger partial charge in [0, 0.05) is 0 Å². The van der Waals surface area contributed by atoms with Gasteiger partial charge in [-0.25, -0.2) is 0 Å². The Hall–Kier alpha value is -0.430. The standard InChI is InChI=1S/C3HF3N2S2.CH4/c4-3(5,6)1-7-8-2(9)10-1;/h(H,8,9);1H4. The van der Waals surface area contributed by atoms with Gasteiger partial charge in [0.05, 0.1) is 0 Å². The van der Waals surface area contributed by atoms with Crippen molar-refractivity contribution in [3.8, 4) is 0 Å². The third kappa shape index (κ3) is 2.58. The second kappa shape index (κ2) is 3.31. The van der Waals surface area contributed by atoms with Crippen LogP contribution in [0.2, 0.25) is 0 Å². The van der Waals surface area contributed by atoms with Crippen LogP contribution in [0.3, 0.4) is 0 Å². The lowest BCUT2D eigenvalue weighted by atomic mass is 10.7. The first-order valence-electron chi connectivity index (χ1n) is 2.13. The zero-order valence-electron chi connectivity index (χ0n) is 4.40. The quantitative estimate of drug-likeness (QED) is 0.655. The number of alkyl halides is 3. The summed E-state index contributed by atoms with van der Waals surface area (Å²) in [5, 5.41) is 4.06. The summed E-state index contributed by atoms with van der Waals surface area (Å²) in [6.07, 6.45) is -4.38. The summed E-state index contributed by atoms with van der Waals surface area (Å²) in [6.45, 7) is 0. The van der Waals surface area contributed by atoms with E-state index < -0.39 is 11.2 Å². The molecule has 1 rings (SSSR count). The molecule has 1 aromatic rings. The van der Waals surface area contributed by atoms with Crippen LogP contribution in [0.4, 0.5) is 13.2 Å². The number of aromatic amines is 1. The predicted octanol–water partition coefficient (Wildman–Crippen LogP) is 2.86. The van der Waals surface area contributed by atoms with Crippen molar-refractivity contribution >= 4 is 23.6 Å². The van der Waals surface area contributed by atoms with Crippen molar-refractivity contribution in [1.29, 1.82) is 0 Å². The molecule has 0 atom stereocenters. The van der Waals surface area contributed by atoms with Crippen LogP contribution < -0.4 is 0 Å². The van der Waals surface area contributed by atoms with Crippen molar-refractivity contribution in [2.75, 3.05) is 0 Å². The van der Waals surface area contributed by atoms with Gasteiger partial charge < -0.3 is 0 Å². The summed E-state index contributed by atoms with van der Waals surface area (Å²) >= 11 is 4.82. The number of aromatic nitrogens is 2. The van der Waals surface area contributed by atoms with Crippen LogP contribution in [0.25, 0.3) is 0 Å². The lowest BCUT2D eigenvalue weighted by Crippen LogP contribution is -2.03. The number of nitrogens with one attached hydrogen (secondary N) is 1. The number of halogens is 3. The van der Waals surface area contributed by atoms with E-state index in [2.05, 4.69) is 17.3 Å². The van der Waals surface area contributed by atoms with Crippen molar-refractivity contribution in [2.24, 2.45) is 0 Å². The van der Waals surface area contributed by atoms with Gasteiger partial charge >= 0.3 is 6.18 Å². The summed E-state index contributed by atoms with van der Waals surface area (Å²) in [6, 6.07) is 0. The minimum Gasteiger partial charge on any atom is -0.258 e. The largest absolute Gasteiger partial charge is 0.444 e. The molecule has 1 heterocycles. The van der Waals surface area contributed by atoms with Crippen molar-refractivity contribution in [3.05, 3.63) is 8.96 Å². The molecule has 0 aromatic carbocycles. The molecular weight excluding hydrogens is 197 g/mol. The van der Waals surface area contributed by atoms with E-state index in [4.69, 9.17) is 0 Å². The minimum atomic E-state index is -4.38. The van der Waals surface area contributed by atoms with Gasteiger partial charge in [0.1, 0.15) is 0 Å². The topological polar surface area (TPSA) is 28.7 Å². The summed E-state index contributed by atoms with van der Waals surface area (Å²) in [5.41, 5.74) is 0. The molecule has 0 spiro atoms. The fourth-order valence-corrected chi connectivity index (χ4v) is 1.11. The maximum Gasteiger partial charge on any atom is 0.444 e. The first kappa shape index (κ1) is 10.6. The second-order valence-electron chi connectivity index (χ2n) is 1.42. The summed E-state index contributed by atoms with van der Waals surface area (Å²) in [5.74, 6) is 0. The Morgan fingerprint density at radius 2 is 2.00 bits per heavy atom. The molecule has 1 N–H and O–H groups in total. The lowest BCUT2D eigenvalue weighted by Gasteiger charge is -1.96. The van der Waals surface area contributed by atoms with Gasteiger partial charge in [-0.15, -0.1) is 0 Å². The average Bonchev–Trinajstić information content (AvgIpc) is 2.11. The van der Waals surface area contributed by atoms with Crippen LogP contribution in [0.1, 0.15) is 12.4 Å². The molecule has 7 heteroatoms. The highest BCUT2D eigenvalue weighted by Gasteiger charge is 2.34. The summed E-state index contributed by atoms with van der Waals surface area (Å²) in [4.78, 5) is 0. The SMILES string of the molecule is C.FC(F)(F)c1n[nH]c(=S)s1. The number of rotatable bonds is 0. The minimum absolute atomic E-state index is 0. The van der Waals surface area contributed by atoms with Gasteiger partial charge in [0.25, 0.3) is 0 Å². The molecule has 0 radical (unpaired) electrons. The molecule has 11 heavy (non-hydrogen) atoms. The van der Waals surface area contributed by atoms with Gasteiger partial charge in [0.2, 0.25) is 5.01 Å². The molecule has 0 bridgehead atoms. The molecule has 0 saturated heterocycles. The molecule has 0 aliphatic carbocycles. The molecule has 64 valence electrons. The fourth-order valence-electron chi connectivity index (χ4n) is 0.351. The van der Waals surface area contributed by atoms with Crippen LogP contribution in [-0.2, 0) is 6.18 Å². The van der Waals surface area contributed by atoms with Crippen LogP contribution >= 0.6 is 23.6 Å². The number of H-pyrrole nitrogens is 1. The summed E-state index contributed by atoms with van der Waals surface area (Å²) in [7, 11) is 0. The van der Waals surface area contributed by atoms with Gasteiger partial charge in [0.15, 0.2) is 3.95 Å². The molecule has 1 aromatic heterocycles. The van der Waals surface area contributed by atoms with E-state index in [1.807, 2.05) is 5.10 Å². The highest BCUT2D eigenvalue weighted by atomic mass is 32.1. The number of hydrogen-bond donors (Lipinski definition) is 1. The van der Waals surface area contributed by atoms with E-state index >= 15 is 0 Å². The summed E-state index contributed by atoms with van der Waals surface area (Å²) < 4.78 is 35.1. The Morgan fingerprint density at radius 1 is 1.45 bits per heavy atom. The van der Waals surface area contributed by atoms with Crippen LogP contribution in [-0.4, -0.2) is 10.2 Å². The first-order valence-corrected chi connectivity index (χ1v) is 3.35. The highest BCUT2D eigenvalue weighted by molar-refractivity contribution is 7.73. The second-order valence-corrected chi connectivity index (χ2v) is 3.08. The number of hydrogen-bond acceptors (Lipinski definition) is 3. The van der Waals surface area contributed by atoms with E-state index in [0.29, 0.717) is 11.3 Å². The predicted molar refractivity (Wildman–Crippen MR) is 39.0 cm³/mol. The zero-order valence-corrected chi connectivity index (χ0v) is 6.03. The smallest absolute Gasteiger partial charge is 0.258 e. The third-order valence-electron chi connectivity index (χ3n) is 0.681. The Labute approximate surface area is 70.1 Å². The molecular formula is C4H5F3N2S2. The Bertz CT molecular complexity index is 273. The van der Waals surface area contributed by atoms with Crippen LogP contribution in [0.15, 0.2) is 0 Å². The molecule has 0 amide bonds. The van der Waals surface area contributed by atoms with E-state index in [-0.39, 0.29) is 11.4 Å². The van der Waals surface area contributed by atoms with Crippen LogP contribution in [0.5, 0.6) is 0 Å². The van der Waals surface area contributed by atoms with E-state index in [0.717, 1.165) is 0 Å². The Kier molecular flexibility index (Phi) is 3.18. The molecule has 0 saturated carbocycles. The maximum atomic E-state index is 11.7. The Morgan fingerprint density at radius 3 is 2.18 bits per heavy atom. The Balaban J connectivity index is 0.000001000. The molecule has 2 nitrogen and oxygen atoms in total. The van der Waals surface area contributed by atoms with Gasteiger partial charge in [-0.3, -0.25) is 5.10 Å². The fraction of sp³-hybridized carbons (Fsp3) is 0.500. The molecule has 0 aliphatic heterocycles. The van der Waals surface area contributed by atoms with E-state index in [1.54, 1.807) is 0 Å². The maximum absolute atomic E-state index is 11.7. The zero-order chi connectivity index (χ0) is 7.78. The molecule has 0 aliphatic rings. The van der Waals surface area contributed by atoms with E-state index in [1.165, 1.54) is 0 Å². The first-order chi connectivity index (χ1) is 4.50. The van der Waals surface area contributed by atoms with Crippen molar-refractivity contribution in [1.82, 2.24) is 10.2 Å². The van der Waals surface area contributed by atoms with Gasteiger partial charge in [-0.1, -0.05) is 18.8 Å². The van der Waals surface area contributed by atoms with Gasteiger partial charge in [-0.2, -0.15) is 18.3 Å². The lowest BCUT2D eigenvalue weighted by molar-refractivity contribution is -0.138. The van der Waals surface area contributed by atoms with Crippen molar-refractivity contribution < 1.29 is 13.2 Å². The van der Waals surface area contributed by atoms with Crippen LogP contribution in [0, 0.1) is 3.95 Å². The monoisotopic (exact) mass is 202 g/mol. The number of nitrogens with zero attached hydrogens (tertiary/aromatic N) is 1.